The Bertz CT molecular complexity index is 726. The molecule has 2 rings (SSSR count). The lowest BCUT2D eigenvalue weighted by molar-refractivity contribution is 0.163. The molecule has 0 aliphatic heterocycles. The molecular weight excluding hydrogens is 377 g/mol. The molecule has 0 aromatic heterocycles. The van der Waals surface area contributed by atoms with E-state index in [4.69, 9.17) is 23.2 Å². The van der Waals surface area contributed by atoms with E-state index in [0.717, 1.165) is 48.9 Å². The molecule has 1 atom stereocenters. The summed E-state index contributed by atoms with van der Waals surface area (Å²) in [4.78, 5) is 2.19. The number of alkyl halides is 1. The Kier molecular flexibility index (Phi) is 8.85. The molecule has 0 saturated carbocycles. The van der Waals surface area contributed by atoms with Crippen molar-refractivity contribution in [1.29, 1.82) is 0 Å². The quantitative estimate of drug-likeness (QED) is 0.386. The minimum Gasteiger partial charge on any atom is -0.371 e. The lowest BCUT2D eigenvalue weighted by Gasteiger charge is -2.25. The van der Waals surface area contributed by atoms with Gasteiger partial charge in [-0.05, 0) is 68.7 Å². The highest BCUT2D eigenvalue weighted by Gasteiger charge is 2.29. The maximum atomic E-state index is 11.1. The van der Waals surface area contributed by atoms with Crippen molar-refractivity contribution in [2.24, 2.45) is 0 Å². The van der Waals surface area contributed by atoms with Gasteiger partial charge in [-0.3, -0.25) is 0 Å². The van der Waals surface area contributed by atoms with Crippen LogP contribution in [0.3, 0.4) is 0 Å². The van der Waals surface area contributed by atoms with Crippen LogP contribution in [0, 0.1) is 0 Å². The first-order valence-electron chi connectivity index (χ1n) is 9.43. The first-order chi connectivity index (χ1) is 12.9. The predicted molar refractivity (Wildman–Crippen MR) is 117 cm³/mol. The fourth-order valence-electron chi connectivity index (χ4n) is 3.08. The zero-order valence-electron chi connectivity index (χ0n) is 16.2. The van der Waals surface area contributed by atoms with Crippen molar-refractivity contribution in [3.8, 4) is 0 Å². The summed E-state index contributed by atoms with van der Waals surface area (Å²) in [5.41, 5.74) is 2.82. The van der Waals surface area contributed by atoms with Gasteiger partial charge in [0, 0.05) is 11.4 Å². The molecular formula is C23H29Cl2NO. The molecule has 0 aliphatic carbocycles. The molecule has 0 fully saturated rings. The van der Waals surface area contributed by atoms with Gasteiger partial charge in [-0.1, -0.05) is 78.2 Å². The molecule has 0 heterocycles. The van der Waals surface area contributed by atoms with E-state index in [1.807, 2.05) is 60.7 Å². The lowest BCUT2D eigenvalue weighted by Crippen LogP contribution is -2.27. The van der Waals surface area contributed by atoms with Gasteiger partial charge >= 0.3 is 0 Å². The second kappa shape index (κ2) is 10.9. The number of rotatable bonds is 10. The van der Waals surface area contributed by atoms with Crippen molar-refractivity contribution in [2.75, 3.05) is 20.6 Å². The van der Waals surface area contributed by atoms with E-state index in [1.54, 1.807) is 0 Å². The van der Waals surface area contributed by atoms with Crippen molar-refractivity contribution in [2.45, 2.75) is 37.2 Å². The van der Waals surface area contributed by atoms with E-state index in [0.29, 0.717) is 11.4 Å². The first kappa shape index (κ1) is 22.0. The predicted octanol–water partition coefficient (Wildman–Crippen LogP) is 6.02. The number of nitrogens with zero attached hydrogens (tertiary/aromatic N) is 1. The Morgan fingerprint density at radius 1 is 1.04 bits per heavy atom. The molecule has 1 unspecified atom stereocenters. The highest BCUT2D eigenvalue weighted by molar-refractivity contribution is 6.30. The average Bonchev–Trinajstić information content (AvgIpc) is 2.60. The molecule has 0 aliphatic rings. The molecule has 0 bridgehead atoms. The van der Waals surface area contributed by atoms with E-state index < -0.39 is 5.06 Å². The van der Waals surface area contributed by atoms with Crippen LogP contribution in [0.25, 0.3) is 6.08 Å². The number of halogens is 2. The second-order valence-corrected chi connectivity index (χ2v) is 8.32. The van der Waals surface area contributed by atoms with Crippen molar-refractivity contribution in [3.05, 3.63) is 76.3 Å². The van der Waals surface area contributed by atoms with Gasteiger partial charge in [-0.15, -0.1) is 0 Å². The maximum absolute atomic E-state index is 11.1. The van der Waals surface area contributed by atoms with E-state index in [9.17, 15) is 5.11 Å². The number of unbranched alkanes of at least 4 members (excludes halogenated alkanes) is 2. The Balaban J connectivity index is 2.13. The lowest BCUT2D eigenvalue weighted by atomic mass is 9.94. The van der Waals surface area contributed by atoms with Crippen molar-refractivity contribution >= 4 is 29.3 Å². The summed E-state index contributed by atoms with van der Waals surface area (Å²) >= 11 is 12.7. The molecule has 27 heavy (non-hydrogen) atoms. The summed E-state index contributed by atoms with van der Waals surface area (Å²) in [5, 5.41) is 10.3. The summed E-state index contributed by atoms with van der Waals surface area (Å²) in [5.74, 6) is 0. The Morgan fingerprint density at radius 3 is 2.44 bits per heavy atom. The van der Waals surface area contributed by atoms with E-state index in [-0.39, 0.29) is 0 Å². The third kappa shape index (κ3) is 8.06. The van der Waals surface area contributed by atoms with Gasteiger partial charge < -0.3 is 10.0 Å². The number of aliphatic hydroxyl groups is 1. The van der Waals surface area contributed by atoms with Crippen LogP contribution in [0.4, 0.5) is 0 Å². The van der Waals surface area contributed by atoms with Gasteiger partial charge in [0.1, 0.15) is 0 Å². The number of hydrogen-bond acceptors (Lipinski definition) is 2. The number of hydrogen-bond donors (Lipinski definition) is 1. The molecule has 2 aromatic carbocycles. The molecule has 1 N–H and O–H groups in total. The SMILES string of the molecule is CN(C)CCCCCC(=Cc1ccccc1)C(O)(Cl)Cc1cccc(Cl)c1. The maximum Gasteiger partial charge on any atom is 0.164 e. The van der Waals surface area contributed by atoms with Crippen LogP contribution in [0.15, 0.2) is 60.2 Å². The van der Waals surface area contributed by atoms with Crippen molar-refractivity contribution < 1.29 is 5.11 Å². The van der Waals surface area contributed by atoms with Crippen LogP contribution in [-0.4, -0.2) is 35.7 Å². The van der Waals surface area contributed by atoms with Gasteiger partial charge in [0.25, 0.3) is 0 Å². The highest BCUT2D eigenvalue weighted by atomic mass is 35.5. The highest BCUT2D eigenvalue weighted by Crippen LogP contribution is 2.32. The van der Waals surface area contributed by atoms with Gasteiger partial charge in [0.15, 0.2) is 5.06 Å². The Hall–Kier alpha value is -1.32. The normalized spacial score (nSPS) is 14.4. The summed E-state index contributed by atoms with van der Waals surface area (Å²) in [6.07, 6.45) is 6.35. The summed E-state index contributed by atoms with van der Waals surface area (Å²) in [7, 11) is 4.17. The third-order valence-electron chi connectivity index (χ3n) is 4.51. The van der Waals surface area contributed by atoms with Crippen LogP contribution in [0.1, 0.15) is 36.8 Å². The van der Waals surface area contributed by atoms with Crippen LogP contribution >= 0.6 is 23.2 Å². The standard InChI is InChI=1S/C23H29Cl2NO/c1-26(2)15-8-4-7-13-21(16-19-10-5-3-6-11-19)23(25,27)18-20-12-9-14-22(24)17-20/h3,5-6,9-12,14,16-17,27H,4,7-8,13,15,18H2,1-2H3. The Labute approximate surface area is 173 Å². The Morgan fingerprint density at radius 2 is 1.78 bits per heavy atom. The van der Waals surface area contributed by atoms with Crippen LogP contribution in [0.5, 0.6) is 0 Å². The molecule has 0 saturated heterocycles. The largest absolute Gasteiger partial charge is 0.371 e. The third-order valence-corrected chi connectivity index (χ3v) is 5.12. The topological polar surface area (TPSA) is 23.5 Å². The fourth-order valence-corrected chi connectivity index (χ4v) is 3.59. The second-order valence-electron chi connectivity index (χ2n) is 7.26. The molecule has 2 nitrogen and oxygen atoms in total. The van der Waals surface area contributed by atoms with Crippen molar-refractivity contribution in [3.63, 3.8) is 0 Å². The molecule has 0 amide bonds. The van der Waals surface area contributed by atoms with Gasteiger partial charge in [0.05, 0.1) is 0 Å². The minimum absolute atomic E-state index is 0.325. The monoisotopic (exact) mass is 405 g/mol. The van der Waals surface area contributed by atoms with Crippen LogP contribution in [-0.2, 0) is 6.42 Å². The van der Waals surface area contributed by atoms with E-state index in [2.05, 4.69) is 19.0 Å². The van der Waals surface area contributed by atoms with E-state index in [1.165, 1.54) is 0 Å². The summed E-state index contributed by atoms with van der Waals surface area (Å²) < 4.78 is 0. The van der Waals surface area contributed by atoms with Crippen molar-refractivity contribution in [1.82, 2.24) is 4.90 Å². The van der Waals surface area contributed by atoms with Crippen LogP contribution < -0.4 is 0 Å². The average molecular weight is 406 g/mol. The zero-order chi connectivity index (χ0) is 19.7. The number of benzene rings is 2. The van der Waals surface area contributed by atoms with Crippen LogP contribution in [0.2, 0.25) is 5.02 Å². The molecule has 4 heteroatoms. The summed E-state index contributed by atoms with van der Waals surface area (Å²) in [6.45, 7) is 1.07. The molecule has 0 spiro atoms. The van der Waals surface area contributed by atoms with Gasteiger partial charge in [-0.25, -0.2) is 0 Å². The fraction of sp³-hybridized carbons (Fsp3) is 0.391. The van der Waals surface area contributed by atoms with Gasteiger partial charge in [-0.2, -0.15) is 0 Å². The smallest absolute Gasteiger partial charge is 0.164 e. The van der Waals surface area contributed by atoms with Gasteiger partial charge in [0.2, 0.25) is 0 Å². The van der Waals surface area contributed by atoms with E-state index >= 15 is 0 Å². The molecule has 0 radical (unpaired) electrons. The minimum atomic E-state index is -1.43. The zero-order valence-corrected chi connectivity index (χ0v) is 17.7. The molecule has 2 aromatic rings. The summed E-state index contributed by atoms with van der Waals surface area (Å²) in [6, 6.07) is 17.5. The molecule has 146 valence electrons. The first-order valence-corrected chi connectivity index (χ1v) is 10.2.